The van der Waals surface area contributed by atoms with Gasteiger partial charge in [0, 0.05) is 23.6 Å². The molecular weight excluding hydrogens is 328 g/mol. The van der Waals surface area contributed by atoms with Crippen molar-refractivity contribution in [3.63, 3.8) is 0 Å². The molecule has 0 aromatic heterocycles. The molecule has 21 heavy (non-hydrogen) atoms. The Morgan fingerprint density at radius 1 is 1.43 bits per heavy atom. The Bertz CT molecular complexity index is 484. The molecule has 3 nitrogen and oxygen atoms in total. The third-order valence-corrected chi connectivity index (χ3v) is 4.64. The molecule has 1 aromatic rings. The summed E-state index contributed by atoms with van der Waals surface area (Å²) in [5, 5.41) is 3.53. The van der Waals surface area contributed by atoms with Gasteiger partial charge in [-0.25, -0.2) is 0 Å². The molecule has 1 unspecified atom stereocenters. The highest BCUT2D eigenvalue weighted by Gasteiger charge is 2.22. The van der Waals surface area contributed by atoms with Crippen LogP contribution in [0, 0.1) is 6.92 Å². The number of nitrogens with one attached hydrogen (secondary N) is 1. The van der Waals surface area contributed by atoms with Gasteiger partial charge in [-0.3, -0.25) is 4.79 Å². The van der Waals surface area contributed by atoms with Gasteiger partial charge >= 0.3 is 0 Å². The van der Waals surface area contributed by atoms with Crippen molar-refractivity contribution < 1.29 is 4.79 Å². The van der Waals surface area contributed by atoms with Gasteiger partial charge in [0.1, 0.15) is 0 Å². The predicted molar refractivity (Wildman–Crippen MR) is 90.7 cm³/mol. The Balaban J connectivity index is 2.10. The second-order valence-electron chi connectivity index (χ2n) is 5.88. The van der Waals surface area contributed by atoms with Gasteiger partial charge in [-0.1, -0.05) is 19.4 Å². The normalized spacial score (nSPS) is 18.5. The van der Waals surface area contributed by atoms with Crippen LogP contribution in [0.1, 0.15) is 48.5 Å². The lowest BCUT2D eigenvalue weighted by Crippen LogP contribution is -2.46. The van der Waals surface area contributed by atoms with Crippen molar-refractivity contribution in [1.29, 1.82) is 0 Å². The second kappa shape index (κ2) is 7.95. The van der Waals surface area contributed by atoms with Crippen molar-refractivity contribution in [2.45, 2.75) is 45.6 Å². The van der Waals surface area contributed by atoms with Gasteiger partial charge in [0.15, 0.2) is 0 Å². The van der Waals surface area contributed by atoms with Crippen LogP contribution in [0.15, 0.2) is 22.7 Å². The van der Waals surface area contributed by atoms with Crippen LogP contribution in [0.25, 0.3) is 0 Å². The van der Waals surface area contributed by atoms with E-state index in [2.05, 4.69) is 28.2 Å². The van der Waals surface area contributed by atoms with Gasteiger partial charge < -0.3 is 10.2 Å². The molecule has 1 aliphatic rings. The van der Waals surface area contributed by atoms with E-state index in [0.29, 0.717) is 6.04 Å². The summed E-state index contributed by atoms with van der Waals surface area (Å²) < 4.78 is 0.894. The van der Waals surface area contributed by atoms with Gasteiger partial charge in [0.2, 0.25) is 0 Å². The number of aryl methyl sites for hydroxylation is 1. The zero-order chi connectivity index (χ0) is 15.2. The lowest BCUT2D eigenvalue weighted by Gasteiger charge is -2.30. The van der Waals surface area contributed by atoms with Crippen molar-refractivity contribution in [3.05, 3.63) is 33.8 Å². The maximum absolute atomic E-state index is 12.8. The van der Waals surface area contributed by atoms with Crippen LogP contribution < -0.4 is 5.32 Å². The summed E-state index contributed by atoms with van der Waals surface area (Å²) >= 11 is 3.53. The first-order chi connectivity index (χ1) is 10.1. The fraction of sp³-hybridized carbons (Fsp3) is 0.588. The molecule has 1 fully saturated rings. The van der Waals surface area contributed by atoms with Crippen LogP contribution >= 0.6 is 15.9 Å². The Morgan fingerprint density at radius 2 is 2.24 bits per heavy atom. The summed E-state index contributed by atoms with van der Waals surface area (Å²) in [6, 6.07) is 6.38. The molecule has 1 amide bonds. The molecule has 0 spiro atoms. The standard InChI is InChI=1S/C17H25BrN2O/c1-3-10-20(12-14-6-4-5-9-19-14)17(21)15-8-7-13(2)11-16(15)18/h7-8,11,14,19H,3-6,9-10,12H2,1-2H3. The number of carbonyl (C=O) groups is 1. The van der Waals surface area contributed by atoms with E-state index in [0.717, 1.165) is 41.7 Å². The molecule has 0 aliphatic carbocycles. The fourth-order valence-electron chi connectivity index (χ4n) is 2.86. The highest BCUT2D eigenvalue weighted by molar-refractivity contribution is 9.10. The van der Waals surface area contributed by atoms with Crippen LogP contribution in [0.4, 0.5) is 0 Å². The van der Waals surface area contributed by atoms with Gasteiger partial charge in [0.05, 0.1) is 5.56 Å². The summed E-state index contributed by atoms with van der Waals surface area (Å²) in [6.07, 6.45) is 4.67. The molecular formula is C17H25BrN2O. The van der Waals surface area contributed by atoms with E-state index in [1.807, 2.05) is 30.0 Å². The summed E-state index contributed by atoms with van der Waals surface area (Å²) in [5.41, 5.74) is 1.93. The first-order valence-electron chi connectivity index (χ1n) is 7.90. The second-order valence-corrected chi connectivity index (χ2v) is 6.74. The number of carbonyl (C=O) groups excluding carboxylic acids is 1. The Kier molecular flexibility index (Phi) is 6.24. The number of hydrogen-bond donors (Lipinski definition) is 1. The highest BCUT2D eigenvalue weighted by atomic mass is 79.9. The quantitative estimate of drug-likeness (QED) is 0.874. The van der Waals surface area contributed by atoms with Crippen molar-refractivity contribution in [2.24, 2.45) is 0 Å². The third-order valence-electron chi connectivity index (χ3n) is 3.99. The lowest BCUT2D eigenvalue weighted by atomic mass is 10.0. The van der Waals surface area contributed by atoms with Crippen LogP contribution in [-0.4, -0.2) is 36.5 Å². The molecule has 1 aromatic carbocycles. The first kappa shape index (κ1) is 16.5. The van der Waals surface area contributed by atoms with Gasteiger partial charge in [-0.05, 0) is 66.4 Å². The van der Waals surface area contributed by atoms with E-state index >= 15 is 0 Å². The number of benzene rings is 1. The molecule has 1 heterocycles. The molecule has 0 saturated carbocycles. The first-order valence-corrected chi connectivity index (χ1v) is 8.70. The minimum Gasteiger partial charge on any atom is -0.337 e. The molecule has 0 radical (unpaired) electrons. The Hall–Kier alpha value is -0.870. The van der Waals surface area contributed by atoms with Crippen LogP contribution in [-0.2, 0) is 0 Å². The van der Waals surface area contributed by atoms with Gasteiger partial charge in [-0.2, -0.15) is 0 Å². The summed E-state index contributed by atoms with van der Waals surface area (Å²) in [7, 11) is 0. The fourth-order valence-corrected chi connectivity index (χ4v) is 3.52. The average Bonchev–Trinajstić information content (AvgIpc) is 2.47. The van der Waals surface area contributed by atoms with E-state index in [1.54, 1.807) is 0 Å². The predicted octanol–water partition coefficient (Wildman–Crippen LogP) is 3.75. The highest BCUT2D eigenvalue weighted by Crippen LogP contribution is 2.21. The zero-order valence-electron chi connectivity index (χ0n) is 13.0. The Labute approximate surface area is 136 Å². The van der Waals surface area contributed by atoms with Crippen molar-refractivity contribution in [2.75, 3.05) is 19.6 Å². The number of rotatable bonds is 5. The third kappa shape index (κ3) is 4.55. The molecule has 1 saturated heterocycles. The van der Waals surface area contributed by atoms with Crippen LogP contribution in [0.2, 0.25) is 0 Å². The van der Waals surface area contributed by atoms with Crippen molar-refractivity contribution in [3.8, 4) is 0 Å². The molecule has 4 heteroatoms. The number of piperidine rings is 1. The SMILES string of the molecule is CCCN(CC1CCCCN1)C(=O)c1ccc(C)cc1Br. The Morgan fingerprint density at radius 3 is 2.86 bits per heavy atom. The van der Waals surface area contributed by atoms with Gasteiger partial charge in [-0.15, -0.1) is 0 Å². The number of nitrogens with zero attached hydrogens (tertiary/aromatic N) is 1. The van der Waals surface area contributed by atoms with Crippen molar-refractivity contribution in [1.82, 2.24) is 10.2 Å². The monoisotopic (exact) mass is 352 g/mol. The summed E-state index contributed by atoms with van der Waals surface area (Å²) in [4.78, 5) is 14.8. The minimum absolute atomic E-state index is 0.135. The molecule has 2 rings (SSSR count). The topological polar surface area (TPSA) is 32.3 Å². The van der Waals surface area contributed by atoms with E-state index in [9.17, 15) is 4.79 Å². The molecule has 1 aliphatic heterocycles. The maximum atomic E-state index is 12.8. The van der Waals surface area contributed by atoms with Crippen LogP contribution in [0.5, 0.6) is 0 Å². The molecule has 0 bridgehead atoms. The maximum Gasteiger partial charge on any atom is 0.255 e. The summed E-state index contributed by atoms with van der Waals surface area (Å²) in [5.74, 6) is 0.135. The van der Waals surface area contributed by atoms with E-state index in [-0.39, 0.29) is 5.91 Å². The number of halogens is 1. The van der Waals surface area contributed by atoms with Crippen molar-refractivity contribution >= 4 is 21.8 Å². The molecule has 1 N–H and O–H groups in total. The zero-order valence-corrected chi connectivity index (χ0v) is 14.6. The van der Waals surface area contributed by atoms with Gasteiger partial charge in [0.25, 0.3) is 5.91 Å². The summed E-state index contributed by atoms with van der Waals surface area (Å²) in [6.45, 7) is 6.87. The van der Waals surface area contributed by atoms with E-state index in [4.69, 9.17) is 0 Å². The van der Waals surface area contributed by atoms with Crippen LogP contribution in [0.3, 0.4) is 0 Å². The molecule has 1 atom stereocenters. The average molecular weight is 353 g/mol. The van der Waals surface area contributed by atoms with E-state index in [1.165, 1.54) is 19.3 Å². The minimum atomic E-state index is 0.135. The van der Waals surface area contributed by atoms with E-state index < -0.39 is 0 Å². The molecule has 116 valence electrons. The lowest BCUT2D eigenvalue weighted by molar-refractivity contribution is 0.0731. The number of hydrogen-bond acceptors (Lipinski definition) is 2. The largest absolute Gasteiger partial charge is 0.337 e. The number of amides is 1. The smallest absolute Gasteiger partial charge is 0.255 e.